The second-order valence-corrected chi connectivity index (χ2v) is 8.63. The number of thioether (sulfide) groups is 1. The first-order chi connectivity index (χ1) is 13.9. The number of benzene rings is 2. The molecule has 1 heterocycles. The number of para-hydroxylation sites is 1. The van der Waals surface area contributed by atoms with Crippen LogP contribution in [-0.4, -0.2) is 33.0 Å². The summed E-state index contributed by atoms with van der Waals surface area (Å²) in [6.45, 7) is 10.7. The molecule has 5 nitrogen and oxygen atoms in total. The summed E-state index contributed by atoms with van der Waals surface area (Å²) in [5.74, 6) is 0.959. The molecule has 3 rings (SSSR count). The van der Waals surface area contributed by atoms with Crippen molar-refractivity contribution < 1.29 is 4.79 Å². The van der Waals surface area contributed by atoms with Crippen LogP contribution in [0.2, 0.25) is 0 Å². The van der Waals surface area contributed by atoms with Crippen molar-refractivity contribution in [1.29, 1.82) is 0 Å². The fraction of sp³-hybridized carbons (Fsp3) is 0.261. The second-order valence-electron chi connectivity index (χ2n) is 7.69. The maximum atomic E-state index is 12.0. The van der Waals surface area contributed by atoms with Gasteiger partial charge in [-0.15, -0.1) is 16.8 Å². The van der Waals surface area contributed by atoms with Crippen molar-refractivity contribution in [2.45, 2.75) is 31.3 Å². The van der Waals surface area contributed by atoms with Gasteiger partial charge in [-0.05, 0) is 23.1 Å². The Morgan fingerprint density at radius 2 is 1.79 bits per heavy atom. The van der Waals surface area contributed by atoms with Crippen molar-refractivity contribution in [3.05, 3.63) is 72.8 Å². The van der Waals surface area contributed by atoms with E-state index in [1.807, 2.05) is 34.9 Å². The molecule has 2 aromatic carbocycles. The molecule has 6 heteroatoms. The number of aromatic nitrogens is 3. The van der Waals surface area contributed by atoms with Gasteiger partial charge < -0.3 is 5.32 Å². The zero-order chi connectivity index (χ0) is 20.9. The van der Waals surface area contributed by atoms with Crippen molar-refractivity contribution in [2.24, 2.45) is 0 Å². The topological polar surface area (TPSA) is 59.8 Å². The number of rotatable bonds is 7. The Morgan fingerprint density at radius 3 is 2.41 bits per heavy atom. The van der Waals surface area contributed by atoms with Gasteiger partial charge in [0.2, 0.25) is 5.91 Å². The van der Waals surface area contributed by atoms with Gasteiger partial charge in [0.15, 0.2) is 11.0 Å². The molecule has 0 aliphatic carbocycles. The SMILES string of the molecule is C=CCNC(=O)CSc1nnc(-c2ccc(C(C)(C)C)cc2)n1-c1ccccc1. The number of hydrogen-bond donors (Lipinski definition) is 1. The summed E-state index contributed by atoms with van der Waals surface area (Å²) < 4.78 is 2.00. The Labute approximate surface area is 176 Å². The average Bonchev–Trinajstić information content (AvgIpc) is 3.14. The maximum Gasteiger partial charge on any atom is 0.230 e. The van der Waals surface area contributed by atoms with Gasteiger partial charge in [-0.1, -0.05) is 81.1 Å². The lowest BCUT2D eigenvalue weighted by Crippen LogP contribution is -2.25. The van der Waals surface area contributed by atoms with Gasteiger partial charge in [0.1, 0.15) is 0 Å². The lowest BCUT2D eigenvalue weighted by Gasteiger charge is -2.19. The van der Waals surface area contributed by atoms with E-state index < -0.39 is 0 Å². The minimum absolute atomic E-state index is 0.0615. The molecule has 3 aromatic rings. The molecule has 0 radical (unpaired) electrons. The van der Waals surface area contributed by atoms with E-state index in [2.05, 4.69) is 67.1 Å². The number of nitrogens with one attached hydrogen (secondary N) is 1. The molecule has 0 aliphatic heterocycles. The van der Waals surface area contributed by atoms with Gasteiger partial charge in [0.05, 0.1) is 5.75 Å². The van der Waals surface area contributed by atoms with Gasteiger partial charge in [0, 0.05) is 17.8 Å². The molecule has 0 bridgehead atoms. The fourth-order valence-electron chi connectivity index (χ4n) is 2.85. The number of amides is 1. The van der Waals surface area contributed by atoms with Crippen LogP contribution in [0.5, 0.6) is 0 Å². The van der Waals surface area contributed by atoms with E-state index in [0.29, 0.717) is 11.7 Å². The minimum Gasteiger partial charge on any atom is -0.352 e. The van der Waals surface area contributed by atoms with Crippen molar-refractivity contribution >= 4 is 17.7 Å². The first-order valence-corrected chi connectivity index (χ1v) is 10.5. The van der Waals surface area contributed by atoms with Crippen LogP contribution in [0, 0.1) is 0 Å². The highest BCUT2D eigenvalue weighted by Gasteiger charge is 2.18. The van der Waals surface area contributed by atoms with Crippen LogP contribution in [0.15, 0.2) is 72.4 Å². The summed E-state index contributed by atoms with van der Waals surface area (Å²) in [5.41, 5.74) is 3.30. The second kappa shape index (κ2) is 9.09. The zero-order valence-electron chi connectivity index (χ0n) is 17.1. The highest BCUT2D eigenvalue weighted by atomic mass is 32.2. The summed E-state index contributed by atoms with van der Waals surface area (Å²) in [4.78, 5) is 12.0. The van der Waals surface area contributed by atoms with Crippen LogP contribution in [-0.2, 0) is 10.2 Å². The molecule has 0 fully saturated rings. The molecular weight excluding hydrogens is 380 g/mol. The van der Waals surface area contributed by atoms with Crippen LogP contribution in [0.4, 0.5) is 0 Å². The predicted octanol–water partition coefficient (Wildman–Crippen LogP) is 4.63. The highest BCUT2D eigenvalue weighted by Crippen LogP contribution is 2.30. The number of carbonyl (C=O) groups excluding carboxylic acids is 1. The lowest BCUT2D eigenvalue weighted by atomic mass is 9.87. The van der Waals surface area contributed by atoms with E-state index in [4.69, 9.17) is 0 Å². The Hall–Kier alpha value is -2.86. The Morgan fingerprint density at radius 1 is 1.10 bits per heavy atom. The largest absolute Gasteiger partial charge is 0.352 e. The van der Waals surface area contributed by atoms with Crippen LogP contribution >= 0.6 is 11.8 Å². The maximum absolute atomic E-state index is 12.0. The van der Waals surface area contributed by atoms with Gasteiger partial charge in [-0.3, -0.25) is 9.36 Å². The monoisotopic (exact) mass is 406 g/mol. The summed E-state index contributed by atoms with van der Waals surface area (Å²) in [6, 6.07) is 18.4. The molecule has 1 amide bonds. The van der Waals surface area contributed by atoms with Crippen molar-refractivity contribution in [2.75, 3.05) is 12.3 Å². The summed E-state index contributed by atoms with van der Waals surface area (Å²) in [6.07, 6.45) is 1.66. The molecule has 0 atom stereocenters. The summed E-state index contributed by atoms with van der Waals surface area (Å²) in [7, 11) is 0. The molecular formula is C23H26N4OS. The molecule has 0 aliphatic rings. The van der Waals surface area contributed by atoms with E-state index >= 15 is 0 Å². The smallest absolute Gasteiger partial charge is 0.230 e. The van der Waals surface area contributed by atoms with Crippen molar-refractivity contribution in [3.8, 4) is 17.1 Å². The normalized spacial score (nSPS) is 11.3. The molecule has 1 aromatic heterocycles. The van der Waals surface area contributed by atoms with Gasteiger partial charge in [-0.2, -0.15) is 0 Å². The zero-order valence-corrected chi connectivity index (χ0v) is 17.9. The predicted molar refractivity (Wildman–Crippen MR) is 119 cm³/mol. The number of nitrogens with zero attached hydrogens (tertiary/aromatic N) is 3. The third kappa shape index (κ3) is 5.15. The van der Waals surface area contributed by atoms with Crippen molar-refractivity contribution in [3.63, 3.8) is 0 Å². The van der Waals surface area contributed by atoms with Gasteiger partial charge in [-0.25, -0.2) is 0 Å². The molecule has 0 unspecified atom stereocenters. The third-order valence-corrected chi connectivity index (χ3v) is 5.36. The Balaban J connectivity index is 1.94. The fourth-order valence-corrected chi connectivity index (χ4v) is 3.63. The Kier molecular flexibility index (Phi) is 6.54. The third-order valence-electron chi connectivity index (χ3n) is 4.43. The van der Waals surface area contributed by atoms with Crippen LogP contribution in [0.1, 0.15) is 26.3 Å². The van der Waals surface area contributed by atoms with Crippen LogP contribution in [0.25, 0.3) is 17.1 Å². The summed E-state index contributed by atoms with van der Waals surface area (Å²) >= 11 is 1.37. The van der Waals surface area contributed by atoms with E-state index in [-0.39, 0.29) is 17.1 Å². The quantitative estimate of drug-likeness (QED) is 0.459. The lowest BCUT2D eigenvalue weighted by molar-refractivity contribution is -0.118. The molecule has 0 saturated carbocycles. The average molecular weight is 407 g/mol. The standard InChI is InChI=1S/C23H26N4OS/c1-5-15-24-20(28)16-29-22-26-25-21(27(22)19-9-7-6-8-10-19)17-11-13-18(14-12-17)23(2,3)4/h5-14H,1,15-16H2,2-4H3,(H,24,28). The highest BCUT2D eigenvalue weighted by molar-refractivity contribution is 7.99. The molecule has 150 valence electrons. The molecule has 0 spiro atoms. The first kappa shape index (κ1) is 20.9. The van der Waals surface area contributed by atoms with E-state index in [1.54, 1.807) is 6.08 Å². The van der Waals surface area contributed by atoms with Gasteiger partial charge in [0.25, 0.3) is 0 Å². The molecule has 0 saturated heterocycles. The van der Waals surface area contributed by atoms with E-state index in [9.17, 15) is 4.79 Å². The van der Waals surface area contributed by atoms with Crippen LogP contribution in [0.3, 0.4) is 0 Å². The molecule has 1 N–H and O–H groups in total. The minimum atomic E-state index is -0.0615. The summed E-state index contributed by atoms with van der Waals surface area (Å²) in [5, 5.41) is 12.3. The van der Waals surface area contributed by atoms with Gasteiger partial charge >= 0.3 is 0 Å². The van der Waals surface area contributed by atoms with E-state index in [0.717, 1.165) is 17.1 Å². The number of carbonyl (C=O) groups is 1. The van der Waals surface area contributed by atoms with E-state index in [1.165, 1.54) is 17.3 Å². The van der Waals surface area contributed by atoms with Crippen molar-refractivity contribution in [1.82, 2.24) is 20.1 Å². The number of hydrogen-bond acceptors (Lipinski definition) is 4. The Bertz CT molecular complexity index is 972. The first-order valence-electron chi connectivity index (χ1n) is 9.52. The molecule has 29 heavy (non-hydrogen) atoms. The van der Waals surface area contributed by atoms with Crippen LogP contribution < -0.4 is 5.32 Å².